The van der Waals surface area contributed by atoms with Gasteiger partial charge in [-0.2, -0.15) is 12.6 Å². The number of amides is 2. The van der Waals surface area contributed by atoms with Gasteiger partial charge in [-0.1, -0.05) is 74.6 Å². The Kier molecular flexibility index (Phi) is 104. The molecule has 4 atom stereocenters. The van der Waals surface area contributed by atoms with Crippen LogP contribution >= 0.6 is 71.4 Å². The molecule has 135 heavy (non-hydrogen) atoms. The van der Waals surface area contributed by atoms with Crippen molar-refractivity contribution >= 4 is 94.8 Å². The highest BCUT2D eigenvalue weighted by atomic mass is 33.1. The summed E-state index contributed by atoms with van der Waals surface area (Å²) in [6.45, 7) is 30.7. The average molecular weight is 2080 g/mol. The van der Waals surface area contributed by atoms with E-state index in [1.807, 2.05) is 44.4 Å². The largest absolute Gasteiger partial charge is 0.471 e. The average Bonchev–Trinajstić information content (AvgIpc) is 1.82. The Morgan fingerprint density at radius 1 is 0.400 bits per heavy atom. The molecular weight excluding hydrogens is 1910 g/mol. The topological polar surface area (TPSA) is 567 Å². The highest BCUT2D eigenvalue weighted by Crippen LogP contribution is 2.42. The third-order valence-electron chi connectivity index (χ3n) is 16.4. The summed E-state index contributed by atoms with van der Waals surface area (Å²) in [7, 11) is 1.02. The molecule has 0 spiro atoms. The summed E-state index contributed by atoms with van der Waals surface area (Å²) in [6, 6.07) is 4.96. The smallest absolute Gasteiger partial charge is 0.377 e. The Balaban J connectivity index is 0. The van der Waals surface area contributed by atoms with Gasteiger partial charge in [0.05, 0.1) is 314 Å². The molecule has 3 rings (SSSR count). The molecule has 3 heterocycles. The van der Waals surface area contributed by atoms with Gasteiger partial charge in [0.15, 0.2) is 0 Å². The number of pyridine rings is 1. The zero-order valence-electron chi connectivity index (χ0n) is 80.5. The lowest BCUT2D eigenvalue weighted by Crippen LogP contribution is -2.30. The molecule has 0 fully saturated rings. The van der Waals surface area contributed by atoms with Crippen molar-refractivity contribution < 1.29 is 151 Å². The number of hydrogen-bond donors (Lipinski definition) is 9. The van der Waals surface area contributed by atoms with Crippen molar-refractivity contribution in [1.29, 1.82) is 0 Å². The van der Waals surface area contributed by atoms with Gasteiger partial charge in [0.1, 0.15) is 16.6 Å². The van der Waals surface area contributed by atoms with E-state index in [9.17, 15) is 28.3 Å². The fourth-order valence-electron chi connectivity index (χ4n) is 9.05. The predicted octanol–water partition coefficient (Wildman–Crippen LogP) is 5.02. The molecule has 792 valence electrons. The van der Waals surface area contributed by atoms with Gasteiger partial charge < -0.3 is 138 Å². The van der Waals surface area contributed by atoms with Crippen LogP contribution in [-0.4, -0.2) is 421 Å². The first-order valence-electron chi connectivity index (χ1n) is 45.5. The fourth-order valence-corrected chi connectivity index (χ4v) is 14.3. The molecule has 52 heteroatoms. The van der Waals surface area contributed by atoms with E-state index in [2.05, 4.69) is 67.0 Å². The number of carbonyl (C=O) groups is 4. The molecule has 0 aliphatic heterocycles. The maximum atomic E-state index is 11.9. The molecule has 3 unspecified atom stereocenters. The number of unbranched alkanes of at least 4 members (excludes halogenated alkanes) is 6. The number of nitrogens with two attached hydrogens (primary N) is 4. The number of phosphoric ester groups is 2. The second kappa shape index (κ2) is 105. The van der Waals surface area contributed by atoms with Crippen LogP contribution in [0.1, 0.15) is 89.4 Å². The van der Waals surface area contributed by atoms with Crippen molar-refractivity contribution in [3.8, 4) is 0 Å². The molecule has 0 aliphatic rings. The van der Waals surface area contributed by atoms with Gasteiger partial charge in [0.25, 0.3) is 0 Å². The Bertz CT molecular complexity index is 3120. The number of thiol groups is 1. The first-order valence-corrected chi connectivity index (χ1v) is 53.9. The van der Waals surface area contributed by atoms with E-state index in [1.54, 1.807) is 37.1 Å². The van der Waals surface area contributed by atoms with Crippen LogP contribution in [0.3, 0.4) is 0 Å². The molecule has 45 nitrogen and oxygen atoms in total. The van der Waals surface area contributed by atoms with Crippen LogP contribution in [0.15, 0.2) is 41.8 Å². The SMILES string of the molecule is CC(=O)C(N)CS.CC(=O)[C@@H](N)CSSCCC(=O)NCCOCCOCCOCCOCCOCCOCCOCCOCCOCCOCCn1cc(C)nn1.COP(=O)(O)OCCCCCCN.COP(=O)(O)OCCCCCCN.Cc1cn(CCOCCOCCOCCOCCOCCOCCOCCOCCOCCOCCNC(=O)CCSSc2ccccn2)nn1. The van der Waals surface area contributed by atoms with Crippen molar-refractivity contribution in [2.45, 2.75) is 122 Å². The minimum Gasteiger partial charge on any atom is -0.377 e. The Morgan fingerprint density at radius 3 is 0.926 bits per heavy atom. The van der Waals surface area contributed by atoms with Crippen molar-refractivity contribution in [1.82, 2.24) is 45.6 Å². The molecule has 0 bridgehead atoms. The fraction of sp³-hybridized carbons (Fsp3) is 0.843. The van der Waals surface area contributed by atoms with Gasteiger partial charge in [-0.05, 0) is 89.4 Å². The van der Waals surface area contributed by atoms with Crippen LogP contribution in [0.25, 0.3) is 0 Å². The number of phosphoric acid groups is 2. The number of ketones is 2. The molecule has 0 radical (unpaired) electrons. The summed E-state index contributed by atoms with van der Waals surface area (Å²) in [5, 5.41) is 22.4. The van der Waals surface area contributed by atoms with E-state index >= 15 is 0 Å². The molecule has 0 aliphatic carbocycles. The van der Waals surface area contributed by atoms with E-state index in [4.69, 9.17) is 127 Å². The number of aryl methyl sites for hydroxylation is 2. The number of rotatable bonds is 96. The summed E-state index contributed by atoms with van der Waals surface area (Å²) in [5.74, 6) is 2.33. The summed E-state index contributed by atoms with van der Waals surface area (Å²) in [4.78, 5) is 66.8. The van der Waals surface area contributed by atoms with E-state index in [-0.39, 0.29) is 42.6 Å². The zero-order chi connectivity index (χ0) is 99.2. The normalized spacial score (nSPS) is 12.6. The summed E-state index contributed by atoms with van der Waals surface area (Å²) in [5.41, 5.74) is 23.2. The van der Waals surface area contributed by atoms with E-state index in [1.165, 1.54) is 35.4 Å². The maximum Gasteiger partial charge on any atom is 0.471 e. The molecule has 12 N–H and O–H groups in total. The van der Waals surface area contributed by atoms with Crippen molar-refractivity contribution in [2.75, 3.05) is 341 Å². The third-order valence-corrected chi connectivity index (χ3v) is 23.5. The molecule has 0 aromatic carbocycles. The molecule has 3 aromatic heterocycles. The standard InChI is InChI=1S/C33H57N5O11S2.C32H61N5O12S2.2C7H18NO4P.C4H9NOS/c1-31-30-38(37-36-31)8-10-41-12-14-43-16-18-45-20-22-47-24-26-49-28-27-48-25-23-46-21-19-44-17-15-42-13-11-40-9-7-34-32(39)5-29-50-51-33-4-2-3-6-35-33;1-29-27-37(36-35-29)5-7-41-9-11-43-13-15-45-17-19-47-21-23-49-25-24-48-22-20-46-18-16-44-14-12-42-10-8-40-6-4-34-32(39)3-26-50-51-28-31(33)30(2)38;2*1-11-13(9,10)12-7-5-3-2-4-6-8;1-3(6)4(5)2-7/h2-4,6,30H,5,7-29H2,1H3,(H,34,39);27,31H,3-26,28,33H2,1-2H3,(H,34,39);2*2-8H2,1H3,(H,9,10);4,7H,2,5H2,1H3/t;31-;;;/m.0.../s1. The minimum atomic E-state index is -3.75. The van der Waals surface area contributed by atoms with Crippen molar-refractivity contribution in [3.05, 3.63) is 48.2 Å². The van der Waals surface area contributed by atoms with Gasteiger partial charge in [-0.15, -0.1) is 10.2 Å². The van der Waals surface area contributed by atoms with Gasteiger partial charge in [0, 0.05) is 81.8 Å². The van der Waals surface area contributed by atoms with Crippen molar-refractivity contribution in [2.24, 2.45) is 22.9 Å². The van der Waals surface area contributed by atoms with Crippen molar-refractivity contribution in [3.63, 3.8) is 0 Å². The van der Waals surface area contributed by atoms with Gasteiger partial charge in [-0.3, -0.25) is 37.3 Å². The summed E-state index contributed by atoms with van der Waals surface area (Å²) in [6.07, 6.45) is 13.9. The molecular formula is C83H163N13O32P2S5. The summed E-state index contributed by atoms with van der Waals surface area (Å²) < 4.78 is 152. The van der Waals surface area contributed by atoms with E-state index in [0.717, 1.165) is 87.8 Å². The number of aromatic nitrogens is 7. The lowest BCUT2D eigenvalue weighted by molar-refractivity contribution is -0.121. The first kappa shape index (κ1) is 134. The number of ether oxygens (including phenoxy) is 20. The summed E-state index contributed by atoms with van der Waals surface area (Å²) >= 11 is 3.81. The second-order valence-electron chi connectivity index (χ2n) is 27.9. The molecule has 0 saturated carbocycles. The Labute approximate surface area is 820 Å². The quantitative estimate of drug-likeness (QED) is 0.0155. The van der Waals surface area contributed by atoms with Crippen LogP contribution in [0.4, 0.5) is 0 Å². The van der Waals surface area contributed by atoms with Crippen LogP contribution < -0.4 is 33.6 Å². The third kappa shape index (κ3) is 105. The zero-order valence-corrected chi connectivity index (χ0v) is 86.5. The second-order valence-corrected chi connectivity index (χ2v) is 36.4. The van der Waals surface area contributed by atoms with E-state index < -0.39 is 21.7 Å². The highest BCUT2D eigenvalue weighted by Gasteiger charge is 2.19. The first-order chi connectivity index (χ1) is 65.6. The lowest BCUT2D eigenvalue weighted by atomic mass is 10.2. The minimum absolute atomic E-state index is 0.00463. The number of Topliss-reactive ketones (excluding diaryl/α,β-unsaturated/α-hetero) is 2. The van der Waals surface area contributed by atoms with E-state index in [0.29, 0.717) is 334 Å². The number of nitrogens with one attached hydrogen (secondary N) is 2. The van der Waals surface area contributed by atoms with Crippen LogP contribution in [0.2, 0.25) is 0 Å². The number of carbonyl (C=O) groups excluding carboxylic acids is 4. The predicted molar refractivity (Wildman–Crippen MR) is 520 cm³/mol. The van der Waals surface area contributed by atoms with Crippen LogP contribution in [0, 0.1) is 13.8 Å². The molecule has 2 amide bonds. The lowest BCUT2D eigenvalue weighted by Gasteiger charge is -2.09. The van der Waals surface area contributed by atoms with Gasteiger partial charge in [0.2, 0.25) is 11.8 Å². The Morgan fingerprint density at radius 2 is 0.681 bits per heavy atom. The van der Waals surface area contributed by atoms with Crippen LogP contribution in [0.5, 0.6) is 0 Å². The molecule has 3 aromatic rings. The van der Waals surface area contributed by atoms with Crippen LogP contribution in [-0.2, 0) is 154 Å². The number of hydrogen-bond acceptors (Lipinski definition) is 44. The van der Waals surface area contributed by atoms with Gasteiger partial charge >= 0.3 is 15.6 Å². The van der Waals surface area contributed by atoms with Gasteiger partial charge in [-0.25, -0.2) is 23.5 Å². The highest BCUT2D eigenvalue weighted by molar-refractivity contribution is 8.77. The molecule has 0 saturated heterocycles. The monoisotopic (exact) mass is 2080 g/mol. The maximum absolute atomic E-state index is 11.9. The number of nitrogens with zero attached hydrogens (tertiary/aromatic N) is 7. The Hall–Kier alpha value is -3.28.